The van der Waals surface area contributed by atoms with E-state index in [-0.39, 0.29) is 18.4 Å². The average molecular weight is 439 g/mol. The molecule has 2 aromatic rings. The van der Waals surface area contributed by atoms with Crippen LogP contribution in [0.2, 0.25) is 0 Å². The SMILES string of the molecule is CCS(=O)(=O)NCCN=C(NCCc1cccs1)Nc1ccc(OC(C)C)cc1. The van der Waals surface area contributed by atoms with Gasteiger partial charge in [-0.3, -0.25) is 4.99 Å². The van der Waals surface area contributed by atoms with Crippen LogP contribution in [0.5, 0.6) is 5.75 Å². The Hall–Kier alpha value is -2.10. The predicted molar refractivity (Wildman–Crippen MR) is 122 cm³/mol. The molecule has 0 atom stereocenters. The number of rotatable bonds is 11. The normalized spacial score (nSPS) is 12.2. The maximum atomic E-state index is 11.5. The summed E-state index contributed by atoms with van der Waals surface area (Å²) in [5, 5.41) is 8.62. The number of nitrogens with zero attached hydrogens (tertiary/aromatic N) is 1. The standard InChI is InChI=1S/C20H30N4O3S2/c1-4-29(25,26)23-14-13-22-20(21-12-11-19-6-5-15-28-19)24-17-7-9-18(10-8-17)27-16(2)3/h5-10,15-16,23H,4,11-14H2,1-3H3,(H2,21,22,24). The molecule has 3 N–H and O–H groups in total. The van der Waals surface area contributed by atoms with Crippen molar-refractivity contribution in [3.8, 4) is 5.75 Å². The Morgan fingerprint density at radius 3 is 2.55 bits per heavy atom. The monoisotopic (exact) mass is 438 g/mol. The first-order valence-corrected chi connectivity index (χ1v) is 12.2. The zero-order chi connectivity index (χ0) is 21.1. The molecular weight excluding hydrogens is 408 g/mol. The number of nitrogens with one attached hydrogen (secondary N) is 3. The molecule has 1 aromatic carbocycles. The van der Waals surface area contributed by atoms with Crippen molar-refractivity contribution in [2.75, 3.05) is 30.7 Å². The first-order chi connectivity index (χ1) is 13.9. The molecule has 0 fully saturated rings. The lowest BCUT2D eigenvalue weighted by atomic mass is 10.3. The number of hydrogen-bond acceptors (Lipinski definition) is 5. The van der Waals surface area contributed by atoms with Crippen molar-refractivity contribution in [3.63, 3.8) is 0 Å². The summed E-state index contributed by atoms with van der Waals surface area (Å²) in [4.78, 5) is 5.78. The lowest BCUT2D eigenvalue weighted by Gasteiger charge is -2.14. The maximum absolute atomic E-state index is 11.5. The van der Waals surface area contributed by atoms with Gasteiger partial charge in [0.1, 0.15) is 5.75 Å². The molecule has 2 rings (SSSR count). The molecule has 0 aliphatic heterocycles. The first kappa shape index (κ1) is 23.2. The van der Waals surface area contributed by atoms with Crippen LogP contribution in [0.3, 0.4) is 0 Å². The molecule has 1 aromatic heterocycles. The highest BCUT2D eigenvalue weighted by Crippen LogP contribution is 2.17. The molecule has 7 nitrogen and oxygen atoms in total. The van der Waals surface area contributed by atoms with Crippen LogP contribution in [-0.2, 0) is 16.4 Å². The molecule has 0 unspecified atom stereocenters. The van der Waals surface area contributed by atoms with E-state index in [0.717, 1.165) is 24.4 Å². The zero-order valence-corrected chi connectivity index (χ0v) is 18.8. The van der Waals surface area contributed by atoms with E-state index in [1.54, 1.807) is 18.3 Å². The quantitative estimate of drug-likeness (QED) is 0.285. The Morgan fingerprint density at radius 1 is 1.17 bits per heavy atom. The van der Waals surface area contributed by atoms with Gasteiger partial charge in [-0.1, -0.05) is 6.07 Å². The van der Waals surface area contributed by atoms with E-state index >= 15 is 0 Å². The van der Waals surface area contributed by atoms with Crippen molar-refractivity contribution in [2.24, 2.45) is 4.99 Å². The van der Waals surface area contributed by atoms with Crippen LogP contribution in [-0.4, -0.2) is 45.9 Å². The van der Waals surface area contributed by atoms with Gasteiger partial charge in [-0.2, -0.15) is 0 Å². The Balaban J connectivity index is 1.95. The minimum atomic E-state index is -3.21. The first-order valence-electron chi connectivity index (χ1n) is 9.69. The van der Waals surface area contributed by atoms with Gasteiger partial charge in [-0.05, 0) is 62.9 Å². The molecule has 0 saturated carbocycles. The van der Waals surface area contributed by atoms with E-state index in [2.05, 4.69) is 31.8 Å². The van der Waals surface area contributed by atoms with Crippen LogP contribution in [0, 0.1) is 0 Å². The highest BCUT2D eigenvalue weighted by Gasteiger charge is 2.06. The van der Waals surface area contributed by atoms with Crippen molar-refractivity contribution in [2.45, 2.75) is 33.3 Å². The summed E-state index contributed by atoms with van der Waals surface area (Å²) in [6.07, 6.45) is 1.01. The van der Waals surface area contributed by atoms with E-state index in [1.165, 1.54) is 4.88 Å². The van der Waals surface area contributed by atoms with Crippen molar-refractivity contribution in [3.05, 3.63) is 46.7 Å². The Bertz CT molecular complexity index is 848. The number of aliphatic imine (C=N–C) groups is 1. The van der Waals surface area contributed by atoms with Gasteiger partial charge in [-0.15, -0.1) is 11.3 Å². The molecular formula is C20H30N4O3S2. The average Bonchev–Trinajstić information content (AvgIpc) is 3.19. The smallest absolute Gasteiger partial charge is 0.211 e. The van der Waals surface area contributed by atoms with Gasteiger partial charge in [0.05, 0.1) is 18.4 Å². The van der Waals surface area contributed by atoms with Gasteiger partial charge < -0.3 is 15.4 Å². The van der Waals surface area contributed by atoms with E-state index in [4.69, 9.17) is 4.74 Å². The summed E-state index contributed by atoms with van der Waals surface area (Å²) >= 11 is 1.72. The highest BCUT2D eigenvalue weighted by molar-refractivity contribution is 7.89. The molecule has 0 bridgehead atoms. The molecule has 0 amide bonds. The highest BCUT2D eigenvalue weighted by atomic mass is 32.2. The van der Waals surface area contributed by atoms with Crippen LogP contribution in [0.1, 0.15) is 25.6 Å². The molecule has 0 spiro atoms. The van der Waals surface area contributed by atoms with Crippen LogP contribution in [0.15, 0.2) is 46.8 Å². The third-order valence-corrected chi connectivity index (χ3v) is 6.16. The second-order valence-electron chi connectivity index (χ2n) is 6.60. The Kier molecular flexibility index (Phi) is 9.43. The second-order valence-corrected chi connectivity index (χ2v) is 9.73. The van der Waals surface area contributed by atoms with Crippen LogP contribution >= 0.6 is 11.3 Å². The number of anilines is 1. The van der Waals surface area contributed by atoms with Gasteiger partial charge in [0, 0.05) is 23.7 Å². The van der Waals surface area contributed by atoms with E-state index in [0.29, 0.717) is 12.5 Å². The third-order valence-electron chi connectivity index (χ3n) is 3.82. The number of thiophene rings is 1. The second kappa shape index (κ2) is 11.8. The Morgan fingerprint density at radius 2 is 1.93 bits per heavy atom. The van der Waals surface area contributed by atoms with Gasteiger partial charge in [-0.25, -0.2) is 13.1 Å². The van der Waals surface area contributed by atoms with Gasteiger partial charge in [0.2, 0.25) is 10.0 Å². The molecule has 160 valence electrons. The fourth-order valence-corrected chi connectivity index (χ4v) is 3.71. The fourth-order valence-electron chi connectivity index (χ4n) is 2.40. The van der Waals surface area contributed by atoms with Crippen LogP contribution in [0.4, 0.5) is 5.69 Å². The van der Waals surface area contributed by atoms with Crippen molar-refractivity contribution in [1.82, 2.24) is 10.0 Å². The largest absolute Gasteiger partial charge is 0.491 e. The number of guanidine groups is 1. The van der Waals surface area contributed by atoms with Crippen molar-refractivity contribution < 1.29 is 13.2 Å². The lowest BCUT2D eigenvalue weighted by Crippen LogP contribution is -2.34. The van der Waals surface area contributed by atoms with E-state index < -0.39 is 10.0 Å². The van der Waals surface area contributed by atoms with E-state index in [1.807, 2.05) is 44.2 Å². The van der Waals surface area contributed by atoms with Gasteiger partial charge in [0.15, 0.2) is 5.96 Å². The lowest BCUT2D eigenvalue weighted by molar-refractivity contribution is 0.242. The van der Waals surface area contributed by atoms with Crippen LogP contribution < -0.4 is 20.1 Å². The molecule has 0 aliphatic carbocycles. The predicted octanol–water partition coefficient (Wildman–Crippen LogP) is 3.07. The number of ether oxygens (including phenoxy) is 1. The molecule has 0 saturated heterocycles. The molecule has 29 heavy (non-hydrogen) atoms. The molecule has 0 radical (unpaired) electrons. The molecule has 0 aliphatic rings. The summed E-state index contributed by atoms with van der Waals surface area (Å²) in [5.74, 6) is 1.48. The summed E-state index contributed by atoms with van der Waals surface area (Å²) in [6, 6.07) is 11.8. The number of hydrogen-bond donors (Lipinski definition) is 3. The maximum Gasteiger partial charge on any atom is 0.211 e. The summed E-state index contributed by atoms with van der Waals surface area (Å²) in [7, 11) is -3.21. The van der Waals surface area contributed by atoms with Crippen molar-refractivity contribution >= 4 is 33.0 Å². The minimum absolute atomic E-state index is 0.0612. The fraction of sp³-hybridized carbons (Fsp3) is 0.450. The zero-order valence-electron chi connectivity index (χ0n) is 17.1. The minimum Gasteiger partial charge on any atom is -0.491 e. The number of sulfonamides is 1. The van der Waals surface area contributed by atoms with Crippen LogP contribution in [0.25, 0.3) is 0 Å². The Labute approximate surface area is 177 Å². The molecule has 1 heterocycles. The van der Waals surface area contributed by atoms with Gasteiger partial charge >= 0.3 is 0 Å². The van der Waals surface area contributed by atoms with E-state index in [9.17, 15) is 8.42 Å². The van der Waals surface area contributed by atoms with Crippen molar-refractivity contribution in [1.29, 1.82) is 0 Å². The number of benzene rings is 1. The summed E-state index contributed by atoms with van der Waals surface area (Å²) in [5.41, 5.74) is 0.873. The van der Waals surface area contributed by atoms with Gasteiger partial charge in [0.25, 0.3) is 0 Å². The molecule has 9 heteroatoms. The third kappa shape index (κ3) is 9.29. The summed E-state index contributed by atoms with van der Waals surface area (Å²) in [6.45, 7) is 6.90. The topological polar surface area (TPSA) is 91.8 Å². The summed E-state index contributed by atoms with van der Waals surface area (Å²) < 4.78 is 31.3.